The predicted molar refractivity (Wildman–Crippen MR) is 64.8 cm³/mol. The molecule has 0 saturated carbocycles. The van der Waals surface area contributed by atoms with E-state index in [4.69, 9.17) is 15.0 Å². The molecule has 2 heterocycles. The average Bonchev–Trinajstić information content (AvgIpc) is 2.39. The van der Waals surface area contributed by atoms with Crippen molar-refractivity contribution in [2.75, 3.05) is 13.1 Å². The smallest absolute Gasteiger partial charge is 0.450 e. The number of carboxylic acid groups (broad SMARTS) is 2. The Morgan fingerprint density at radius 3 is 2.56 bits per heavy atom. The fraction of sp³-hybridized carbons (Fsp3) is 0.417. The normalized spacial score (nSPS) is 18.3. The Morgan fingerprint density at radius 1 is 1.33 bits per heavy atom. The van der Waals surface area contributed by atoms with Crippen LogP contribution in [0.15, 0.2) is 24.4 Å². The molecule has 3 N–H and O–H groups in total. The van der Waals surface area contributed by atoms with Gasteiger partial charge < -0.3 is 15.5 Å². The number of Topliss-reactive ketones (excluding diaryl/α,β-unsaturated/α-hetero) is 1. The summed E-state index contributed by atoms with van der Waals surface area (Å²) in [6.07, 6.45) is 1.91. The molecule has 1 atom stereocenters. The van der Waals surface area contributed by atoms with E-state index in [9.17, 15) is 4.79 Å². The largest absolute Gasteiger partial charge is 0.503 e. The minimum atomic E-state index is -1.83. The Hall–Kier alpha value is -1.95. The van der Waals surface area contributed by atoms with Crippen molar-refractivity contribution in [2.45, 2.75) is 12.8 Å². The Kier molecular flexibility index (Phi) is 5.79. The van der Waals surface area contributed by atoms with Gasteiger partial charge in [0.15, 0.2) is 5.78 Å². The van der Waals surface area contributed by atoms with Gasteiger partial charge in [-0.25, -0.2) is 4.79 Å². The second-order valence-electron chi connectivity index (χ2n) is 3.91. The van der Waals surface area contributed by atoms with Crippen molar-refractivity contribution in [2.24, 2.45) is 5.92 Å². The number of hydrogen-bond donors (Lipinski definition) is 3. The third kappa shape index (κ3) is 4.92. The molecule has 0 aliphatic carbocycles. The van der Waals surface area contributed by atoms with Crippen LogP contribution in [0.1, 0.15) is 23.3 Å². The molecular formula is C12H16N2O4. The van der Waals surface area contributed by atoms with Crippen LogP contribution in [0.5, 0.6) is 0 Å². The van der Waals surface area contributed by atoms with E-state index in [-0.39, 0.29) is 11.7 Å². The van der Waals surface area contributed by atoms with Gasteiger partial charge in [0, 0.05) is 18.7 Å². The highest BCUT2D eigenvalue weighted by atomic mass is 16.6. The van der Waals surface area contributed by atoms with Crippen molar-refractivity contribution in [3.05, 3.63) is 30.1 Å². The summed E-state index contributed by atoms with van der Waals surface area (Å²) in [6.45, 7) is 1.83. The maximum absolute atomic E-state index is 11.9. The second kappa shape index (κ2) is 7.39. The standard InChI is InChI=1S/C11H14N2O.CH2O3/c14-11(9-4-3-6-12-8-9)10-5-1-2-7-13-10;2-1(3)4/h1-2,5,7,9,12H,3-4,6,8H2;(H2,2,3,4). The molecule has 1 saturated heterocycles. The number of ketones is 1. The lowest BCUT2D eigenvalue weighted by atomic mass is 9.93. The fourth-order valence-corrected chi connectivity index (χ4v) is 1.79. The lowest BCUT2D eigenvalue weighted by Crippen LogP contribution is -2.34. The number of rotatable bonds is 2. The van der Waals surface area contributed by atoms with E-state index >= 15 is 0 Å². The molecule has 1 aliphatic rings. The van der Waals surface area contributed by atoms with Crippen LogP contribution in [0.25, 0.3) is 0 Å². The first-order valence-electron chi connectivity index (χ1n) is 5.69. The molecule has 6 heteroatoms. The summed E-state index contributed by atoms with van der Waals surface area (Å²) in [5.41, 5.74) is 0.598. The molecule has 6 nitrogen and oxygen atoms in total. The van der Waals surface area contributed by atoms with E-state index in [1.54, 1.807) is 12.3 Å². The van der Waals surface area contributed by atoms with Crippen molar-refractivity contribution in [3.8, 4) is 0 Å². The minimum Gasteiger partial charge on any atom is -0.450 e. The summed E-state index contributed by atoms with van der Waals surface area (Å²) in [4.78, 5) is 24.5. The first-order chi connectivity index (χ1) is 8.61. The number of nitrogens with zero attached hydrogens (tertiary/aromatic N) is 1. The van der Waals surface area contributed by atoms with Crippen LogP contribution < -0.4 is 5.32 Å². The number of hydrogen-bond acceptors (Lipinski definition) is 4. The average molecular weight is 252 g/mol. The lowest BCUT2D eigenvalue weighted by Gasteiger charge is -2.20. The van der Waals surface area contributed by atoms with E-state index in [0.717, 1.165) is 25.9 Å². The highest BCUT2D eigenvalue weighted by Gasteiger charge is 2.22. The summed E-state index contributed by atoms with van der Waals surface area (Å²) in [7, 11) is 0. The number of carbonyl (C=O) groups excluding carboxylic acids is 1. The molecule has 98 valence electrons. The molecule has 18 heavy (non-hydrogen) atoms. The van der Waals surface area contributed by atoms with Crippen LogP contribution in [0.3, 0.4) is 0 Å². The third-order valence-electron chi connectivity index (χ3n) is 2.59. The van der Waals surface area contributed by atoms with Gasteiger partial charge in [-0.3, -0.25) is 9.78 Å². The number of pyridine rings is 1. The first kappa shape index (κ1) is 14.1. The van der Waals surface area contributed by atoms with Crippen molar-refractivity contribution >= 4 is 11.9 Å². The van der Waals surface area contributed by atoms with Crippen LogP contribution in [-0.2, 0) is 0 Å². The maximum Gasteiger partial charge on any atom is 0.503 e. The summed E-state index contributed by atoms with van der Waals surface area (Å²) in [5.74, 6) is 0.302. The van der Waals surface area contributed by atoms with Crippen LogP contribution in [-0.4, -0.2) is 40.2 Å². The zero-order chi connectivity index (χ0) is 13.4. The molecular weight excluding hydrogens is 236 g/mol. The van der Waals surface area contributed by atoms with Crippen molar-refractivity contribution < 1.29 is 19.8 Å². The van der Waals surface area contributed by atoms with Gasteiger partial charge in [0.2, 0.25) is 0 Å². The van der Waals surface area contributed by atoms with E-state index in [0.29, 0.717) is 5.69 Å². The summed E-state index contributed by atoms with van der Waals surface area (Å²) in [5, 5.41) is 17.2. The highest BCUT2D eigenvalue weighted by Crippen LogP contribution is 2.14. The molecule has 0 aromatic carbocycles. The molecule has 0 spiro atoms. The summed E-state index contributed by atoms with van der Waals surface area (Å²) >= 11 is 0. The molecule has 1 fully saturated rings. The number of carbonyl (C=O) groups is 2. The van der Waals surface area contributed by atoms with Gasteiger partial charge in [-0.1, -0.05) is 6.07 Å². The van der Waals surface area contributed by atoms with Gasteiger partial charge in [0.05, 0.1) is 0 Å². The van der Waals surface area contributed by atoms with Crippen molar-refractivity contribution in [3.63, 3.8) is 0 Å². The van der Waals surface area contributed by atoms with Crippen LogP contribution in [0.4, 0.5) is 4.79 Å². The van der Waals surface area contributed by atoms with Gasteiger partial charge in [-0.05, 0) is 31.5 Å². The van der Waals surface area contributed by atoms with Gasteiger partial charge >= 0.3 is 6.16 Å². The molecule has 1 aliphatic heterocycles. The van der Waals surface area contributed by atoms with Crippen LogP contribution in [0, 0.1) is 5.92 Å². The molecule has 1 aromatic heterocycles. The van der Waals surface area contributed by atoms with Gasteiger partial charge in [0.1, 0.15) is 5.69 Å². The van der Waals surface area contributed by atoms with Gasteiger partial charge in [-0.15, -0.1) is 0 Å². The Labute approximate surface area is 105 Å². The van der Waals surface area contributed by atoms with E-state index < -0.39 is 6.16 Å². The Morgan fingerprint density at radius 2 is 2.06 bits per heavy atom. The summed E-state index contributed by atoms with van der Waals surface area (Å²) in [6, 6.07) is 5.48. The second-order valence-corrected chi connectivity index (χ2v) is 3.91. The van der Waals surface area contributed by atoms with E-state index in [1.165, 1.54) is 0 Å². The van der Waals surface area contributed by atoms with E-state index in [2.05, 4.69) is 10.3 Å². The Bertz CT molecular complexity index is 384. The molecule has 2 rings (SSSR count). The number of aromatic nitrogens is 1. The van der Waals surface area contributed by atoms with E-state index in [1.807, 2.05) is 12.1 Å². The predicted octanol–water partition coefficient (Wildman–Crippen LogP) is 1.49. The van der Waals surface area contributed by atoms with Crippen molar-refractivity contribution in [1.29, 1.82) is 0 Å². The molecule has 0 amide bonds. The van der Waals surface area contributed by atoms with Gasteiger partial charge in [-0.2, -0.15) is 0 Å². The summed E-state index contributed by atoms with van der Waals surface area (Å²) < 4.78 is 0. The number of nitrogens with one attached hydrogen (secondary N) is 1. The fourth-order valence-electron chi connectivity index (χ4n) is 1.79. The first-order valence-corrected chi connectivity index (χ1v) is 5.69. The third-order valence-corrected chi connectivity index (χ3v) is 2.59. The number of piperidine rings is 1. The molecule has 0 bridgehead atoms. The SMILES string of the molecule is O=C(O)O.O=C(c1ccccn1)C1CCCNC1. The molecule has 1 aromatic rings. The Balaban J connectivity index is 0.000000357. The monoisotopic (exact) mass is 252 g/mol. The zero-order valence-corrected chi connectivity index (χ0v) is 9.87. The topological polar surface area (TPSA) is 99.5 Å². The zero-order valence-electron chi connectivity index (χ0n) is 9.87. The maximum atomic E-state index is 11.9. The lowest BCUT2D eigenvalue weighted by molar-refractivity contribution is 0.0894. The van der Waals surface area contributed by atoms with Gasteiger partial charge in [0.25, 0.3) is 0 Å². The molecule has 1 unspecified atom stereocenters. The van der Waals surface area contributed by atoms with Crippen molar-refractivity contribution in [1.82, 2.24) is 10.3 Å². The highest BCUT2D eigenvalue weighted by molar-refractivity contribution is 5.96. The quantitative estimate of drug-likeness (QED) is 0.689. The van der Waals surface area contributed by atoms with Crippen LogP contribution >= 0.6 is 0 Å². The van der Waals surface area contributed by atoms with Crippen LogP contribution in [0.2, 0.25) is 0 Å². The molecule has 0 radical (unpaired) electrons. The minimum absolute atomic E-state index is 0.124.